The number of urea groups is 1. The van der Waals surface area contributed by atoms with Gasteiger partial charge in [-0.05, 0) is 39.0 Å². The summed E-state index contributed by atoms with van der Waals surface area (Å²) >= 11 is 0. The topological polar surface area (TPSA) is 70.1 Å². The number of aliphatic carboxylic acids is 1. The van der Waals surface area contributed by atoms with Gasteiger partial charge in [0.15, 0.2) is 0 Å². The van der Waals surface area contributed by atoms with Crippen molar-refractivity contribution in [2.75, 3.05) is 40.4 Å². The fraction of sp³-hybridized carbons (Fsp3) is 0.867. The first-order chi connectivity index (χ1) is 9.80. The predicted octanol–water partition coefficient (Wildman–Crippen LogP) is 1.90. The second-order valence-corrected chi connectivity index (χ2v) is 6.36. The number of carboxylic acids is 1. The maximum absolute atomic E-state index is 12.4. The highest BCUT2D eigenvalue weighted by Gasteiger charge is 2.40. The van der Waals surface area contributed by atoms with Crippen LogP contribution in [0.5, 0.6) is 0 Å². The second kappa shape index (κ2) is 7.64. The maximum Gasteiger partial charge on any atom is 0.319 e. The van der Waals surface area contributed by atoms with Crippen molar-refractivity contribution in [1.29, 1.82) is 0 Å². The molecule has 0 aliphatic carbocycles. The van der Waals surface area contributed by atoms with E-state index in [1.54, 1.807) is 37.8 Å². The fourth-order valence-electron chi connectivity index (χ4n) is 2.70. The van der Waals surface area contributed by atoms with E-state index < -0.39 is 11.4 Å². The second-order valence-electron chi connectivity index (χ2n) is 6.36. The highest BCUT2D eigenvalue weighted by molar-refractivity contribution is 5.76. The zero-order valence-electron chi connectivity index (χ0n) is 13.6. The van der Waals surface area contributed by atoms with E-state index in [2.05, 4.69) is 0 Å². The molecule has 6 nitrogen and oxygen atoms in total. The Morgan fingerprint density at radius 1 is 1.43 bits per heavy atom. The van der Waals surface area contributed by atoms with Crippen LogP contribution in [0.3, 0.4) is 0 Å². The molecule has 1 N–H and O–H groups in total. The summed E-state index contributed by atoms with van der Waals surface area (Å²) in [6, 6.07) is -0.0167. The molecule has 1 unspecified atom stereocenters. The molecule has 0 spiro atoms. The predicted molar refractivity (Wildman–Crippen MR) is 80.2 cm³/mol. The van der Waals surface area contributed by atoms with Crippen LogP contribution in [-0.4, -0.2) is 67.3 Å². The van der Waals surface area contributed by atoms with Crippen LogP contribution >= 0.6 is 0 Å². The summed E-state index contributed by atoms with van der Waals surface area (Å²) in [6.45, 7) is 6.00. The third kappa shape index (κ3) is 4.59. The van der Waals surface area contributed by atoms with Gasteiger partial charge < -0.3 is 19.6 Å². The van der Waals surface area contributed by atoms with Crippen LogP contribution < -0.4 is 0 Å². The number of ether oxygens (including phenoxy) is 1. The van der Waals surface area contributed by atoms with Crippen molar-refractivity contribution >= 4 is 12.0 Å². The smallest absolute Gasteiger partial charge is 0.319 e. The Balaban J connectivity index is 2.59. The number of nitrogens with zero attached hydrogens (tertiary/aromatic N) is 2. The lowest BCUT2D eigenvalue weighted by atomic mass is 9.74. The van der Waals surface area contributed by atoms with Crippen LogP contribution in [0.2, 0.25) is 0 Å². The minimum absolute atomic E-state index is 0.0000696. The van der Waals surface area contributed by atoms with Gasteiger partial charge in [-0.1, -0.05) is 0 Å². The molecule has 0 saturated carbocycles. The van der Waals surface area contributed by atoms with Crippen LogP contribution in [-0.2, 0) is 9.53 Å². The third-order valence-corrected chi connectivity index (χ3v) is 4.43. The number of hydrogen-bond donors (Lipinski definition) is 1. The Bertz CT molecular complexity index is 371. The van der Waals surface area contributed by atoms with Gasteiger partial charge in [-0.2, -0.15) is 0 Å². The van der Waals surface area contributed by atoms with E-state index in [-0.39, 0.29) is 11.9 Å². The lowest BCUT2D eigenvalue weighted by molar-refractivity contribution is -0.151. The van der Waals surface area contributed by atoms with E-state index in [0.29, 0.717) is 26.2 Å². The Hall–Kier alpha value is -1.30. The molecule has 0 aromatic heterocycles. The number of methoxy groups -OCH3 is 1. The number of carbonyl (C=O) groups excluding carboxylic acids is 1. The van der Waals surface area contributed by atoms with Crippen molar-refractivity contribution in [1.82, 2.24) is 9.80 Å². The monoisotopic (exact) mass is 300 g/mol. The standard InChI is InChI=1S/C15H28N2O4/c1-15(2,13(18)19)12-7-5-9-17(11-12)14(20)16(3)8-6-10-21-4/h12H,5-11H2,1-4H3,(H,18,19). The molecular formula is C15H28N2O4. The number of carbonyl (C=O) groups is 2. The minimum atomic E-state index is -0.798. The molecule has 21 heavy (non-hydrogen) atoms. The molecule has 0 radical (unpaired) electrons. The normalized spacial score (nSPS) is 19.4. The molecule has 1 fully saturated rings. The molecule has 1 aliphatic rings. The van der Waals surface area contributed by atoms with E-state index in [9.17, 15) is 14.7 Å². The minimum Gasteiger partial charge on any atom is -0.481 e. The van der Waals surface area contributed by atoms with Gasteiger partial charge in [0.1, 0.15) is 0 Å². The van der Waals surface area contributed by atoms with Crippen LogP contribution in [0, 0.1) is 11.3 Å². The lowest BCUT2D eigenvalue weighted by Gasteiger charge is -2.40. The van der Waals surface area contributed by atoms with Crippen LogP contribution in [0.4, 0.5) is 4.79 Å². The molecule has 0 aromatic carbocycles. The van der Waals surface area contributed by atoms with Crippen LogP contribution in [0.25, 0.3) is 0 Å². The zero-order chi connectivity index (χ0) is 16.0. The summed E-state index contributed by atoms with van der Waals surface area (Å²) in [4.78, 5) is 27.2. The average Bonchev–Trinajstić information content (AvgIpc) is 2.46. The van der Waals surface area contributed by atoms with Gasteiger partial charge in [0.2, 0.25) is 0 Å². The van der Waals surface area contributed by atoms with E-state index >= 15 is 0 Å². The third-order valence-electron chi connectivity index (χ3n) is 4.43. The van der Waals surface area contributed by atoms with Crippen LogP contribution in [0.1, 0.15) is 33.1 Å². The molecule has 1 heterocycles. The first kappa shape index (κ1) is 17.8. The van der Waals surface area contributed by atoms with Gasteiger partial charge in [-0.25, -0.2) is 4.79 Å². The number of amides is 2. The molecule has 2 amide bonds. The average molecular weight is 300 g/mol. The van der Waals surface area contributed by atoms with Gasteiger partial charge in [0.05, 0.1) is 5.41 Å². The SMILES string of the molecule is COCCCN(C)C(=O)N1CCCC(C(C)(C)C(=O)O)C1. The van der Waals surface area contributed by atoms with Gasteiger partial charge >= 0.3 is 12.0 Å². The molecule has 122 valence electrons. The van der Waals surface area contributed by atoms with E-state index in [1.807, 2.05) is 0 Å². The highest BCUT2D eigenvalue weighted by Crippen LogP contribution is 2.34. The quantitative estimate of drug-likeness (QED) is 0.761. The first-order valence-electron chi connectivity index (χ1n) is 7.53. The summed E-state index contributed by atoms with van der Waals surface area (Å²) in [5.41, 5.74) is -0.798. The van der Waals surface area contributed by atoms with Crippen molar-refractivity contribution in [2.45, 2.75) is 33.1 Å². The number of carboxylic acid groups (broad SMARTS) is 1. The number of piperidine rings is 1. The molecule has 1 rings (SSSR count). The molecule has 1 atom stereocenters. The van der Waals surface area contributed by atoms with Gasteiger partial charge in [-0.15, -0.1) is 0 Å². The Kier molecular flexibility index (Phi) is 6.45. The Morgan fingerprint density at radius 2 is 2.10 bits per heavy atom. The Morgan fingerprint density at radius 3 is 2.67 bits per heavy atom. The molecular weight excluding hydrogens is 272 g/mol. The molecule has 0 bridgehead atoms. The largest absolute Gasteiger partial charge is 0.481 e. The van der Waals surface area contributed by atoms with Crippen molar-refractivity contribution in [2.24, 2.45) is 11.3 Å². The summed E-state index contributed by atoms with van der Waals surface area (Å²) in [6.07, 6.45) is 2.52. The summed E-state index contributed by atoms with van der Waals surface area (Å²) in [7, 11) is 3.43. The number of hydrogen-bond acceptors (Lipinski definition) is 3. The van der Waals surface area contributed by atoms with Crippen molar-refractivity contribution in [3.63, 3.8) is 0 Å². The van der Waals surface area contributed by atoms with Crippen molar-refractivity contribution < 1.29 is 19.4 Å². The van der Waals surface area contributed by atoms with Gasteiger partial charge in [0, 0.05) is 40.4 Å². The molecule has 1 aliphatic heterocycles. The maximum atomic E-state index is 12.4. The van der Waals surface area contributed by atoms with E-state index in [1.165, 1.54) is 0 Å². The first-order valence-corrected chi connectivity index (χ1v) is 7.53. The fourth-order valence-corrected chi connectivity index (χ4v) is 2.70. The van der Waals surface area contributed by atoms with Crippen LogP contribution in [0.15, 0.2) is 0 Å². The molecule has 1 saturated heterocycles. The molecule has 6 heteroatoms. The van der Waals surface area contributed by atoms with E-state index in [0.717, 1.165) is 19.3 Å². The summed E-state index contributed by atoms with van der Waals surface area (Å²) < 4.78 is 4.99. The summed E-state index contributed by atoms with van der Waals surface area (Å²) in [5.74, 6) is -0.796. The van der Waals surface area contributed by atoms with Crippen molar-refractivity contribution in [3.8, 4) is 0 Å². The number of rotatable bonds is 6. The van der Waals surface area contributed by atoms with Crippen molar-refractivity contribution in [3.05, 3.63) is 0 Å². The zero-order valence-corrected chi connectivity index (χ0v) is 13.6. The lowest BCUT2D eigenvalue weighted by Crippen LogP contribution is -2.50. The van der Waals surface area contributed by atoms with E-state index in [4.69, 9.17) is 4.74 Å². The summed E-state index contributed by atoms with van der Waals surface area (Å²) in [5, 5.41) is 9.34. The number of likely N-dealkylation sites (tertiary alicyclic amines) is 1. The highest BCUT2D eigenvalue weighted by atomic mass is 16.5. The Labute approximate surface area is 127 Å². The molecule has 0 aromatic rings. The van der Waals surface area contributed by atoms with Gasteiger partial charge in [-0.3, -0.25) is 4.79 Å². The van der Waals surface area contributed by atoms with Gasteiger partial charge in [0.25, 0.3) is 0 Å².